The molecule has 0 aromatic heterocycles. The third-order valence-corrected chi connectivity index (χ3v) is 2.51. The Morgan fingerprint density at radius 1 is 1.50 bits per heavy atom. The summed E-state index contributed by atoms with van der Waals surface area (Å²) >= 11 is 0. The molecule has 0 bridgehead atoms. The second-order valence-corrected chi connectivity index (χ2v) is 3.72. The number of hydrogen-bond donors (Lipinski definition) is 2. The van der Waals surface area contributed by atoms with Gasteiger partial charge >= 0.3 is 0 Å². The first-order valence-corrected chi connectivity index (χ1v) is 4.68. The molecule has 1 fully saturated rings. The van der Waals surface area contributed by atoms with Crippen molar-refractivity contribution in [2.24, 2.45) is 0 Å². The van der Waals surface area contributed by atoms with Crippen molar-refractivity contribution in [3.8, 4) is 0 Å². The van der Waals surface area contributed by atoms with Crippen molar-refractivity contribution in [1.82, 2.24) is 10.6 Å². The van der Waals surface area contributed by atoms with Crippen LogP contribution >= 0.6 is 0 Å². The van der Waals surface area contributed by atoms with Crippen LogP contribution in [0.3, 0.4) is 0 Å². The van der Waals surface area contributed by atoms with Crippen LogP contribution in [-0.4, -0.2) is 24.5 Å². The summed E-state index contributed by atoms with van der Waals surface area (Å²) in [6, 6.07) is 0. The molecular formula is C9H18N2O. The molecule has 1 rings (SSSR count). The highest BCUT2D eigenvalue weighted by atomic mass is 16.1. The topological polar surface area (TPSA) is 41.1 Å². The maximum atomic E-state index is 11.1. The van der Waals surface area contributed by atoms with E-state index in [1.54, 1.807) is 0 Å². The molecule has 0 aromatic rings. The average Bonchev–Trinajstić information content (AvgIpc) is 1.98. The Hall–Kier alpha value is -0.570. The molecule has 0 radical (unpaired) electrons. The second-order valence-electron chi connectivity index (χ2n) is 3.72. The van der Waals surface area contributed by atoms with E-state index in [1.165, 1.54) is 19.3 Å². The van der Waals surface area contributed by atoms with Crippen molar-refractivity contribution >= 4 is 5.91 Å². The van der Waals surface area contributed by atoms with Crippen LogP contribution in [-0.2, 0) is 4.79 Å². The minimum atomic E-state index is 0.102. The fraction of sp³-hybridized carbons (Fsp3) is 0.889. The van der Waals surface area contributed by atoms with Crippen LogP contribution < -0.4 is 10.6 Å². The Morgan fingerprint density at radius 2 is 2.17 bits per heavy atom. The van der Waals surface area contributed by atoms with Crippen LogP contribution in [0.2, 0.25) is 0 Å². The van der Waals surface area contributed by atoms with E-state index in [9.17, 15) is 4.79 Å². The normalized spacial score (nSPS) is 19.8. The van der Waals surface area contributed by atoms with Gasteiger partial charge in [-0.15, -0.1) is 0 Å². The summed E-state index contributed by atoms with van der Waals surface area (Å²) in [6.07, 6.45) is 3.69. The maximum absolute atomic E-state index is 11.1. The molecule has 0 saturated heterocycles. The Bertz CT molecular complexity index is 164. The molecule has 1 aliphatic carbocycles. The zero-order chi connectivity index (χ0) is 9.03. The van der Waals surface area contributed by atoms with Gasteiger partial charge in [-0.1, -0.05) is 0 Å². The van der Waals surface area contributed by atoms with Crippen molar-refractivity contribution in [3.05, 3.63) is 0 Å². The lowest BCUT2D eigenvalue weighted by Gasteiger charge is -2.39. The molecule has 3 heteroatoms. The van der Waals surface area contributed by atoms with Gasteiger partial charge in [0.2, 0.25) is 5.91 Å². The number of carbonyl (C=O) groups is 1. The Balaban J connectivity index is 2.12. The predicted molar refractivity (Wildman–Crippen MR) is 48.9 cm³/mol. The summed E-state index contributed by atoms with van der Waals surface area (Å²) in [5.74, 6) is 0.102. The van der Waals surface area contributed by atoms with Crippen molar-refractivity contribution in [2.45, 2.75) is 38.6 Å². The van der Waals surface area contributed by atoms with Crippen molar-refractivity contribution in [1.29, 1.82) is 0 Å². The number of likely N-dealkylation sites (N-methyl/N-ethyl adjacent to an activating group) is 1. The van der Waals surface area contributed by atoms with E-state index in [-0.39, 0.29) is 11.4 Å². The molecule has 0 aromatic carbocycles. The minimum Gasteiger partial charge on any atom is -0.355 e. The zero-order valence-electron chi connectivity index (χ0n) is 7.94. The maximum Gasteiger partial charge on any atom is 0.233 e. The number of rotatable bonds is 4. The largest absolute Gasteiger partial charge is 0.355 e. The van der Waals surface area contributed by atoms with Gasteiger partial charge < -0.3 is 10.6 Å². The van der Waals surface area contributed by atoms with E-state index >= 15 is 0 Å². The molecule has 12 heavy (non-hydrogen) atoms. The Labute approximate surface area is 73.9 Å². The first-order chi connectivity index (χ1) is 5.66. The van der Waals surface area contributed by atoms with Crippen LogP contribution in [0.25, 0.3) is 0 Å². The van der Waals surface area contributed by atoms with Gasteiger partial charge in [0.05, 0.1) is 6.54 Å². The molecule has 0 unspecified atom stereocenters. The SMILES string of the molecule is CCNC(=O)CNC1(C)CCC1. The summed E-state index contributed by atoms with van der Waals surface area (Å²) in [7, 11) is 0. The average molecular weight is 170 g/mol. The van der Waals surface area contributed by atoms with Gasteiger partial charge in [-0.3, -0.25) is 4.79 Å². The van der Waals surface area contributed by atoms with Crippen molar-refractivity contribution in [2.75, 3.05) is 13.1 Å². The fourth-order valence-corrected chi connectivity index (χ4v) is 1.44. The lowest BCUT2D eigenvalue weighted by atomic mass is 9.78. The molecule has 1 aliphatic rings. The summed E-state index contributed by atoms with van der Waals surface area (Å²) in [5.41, 5.74) is 0.241. The van der Waals surface area contributed by atoms with Gasteiger partial charge in [-0.25, -0.2) is 0 Å². The smallest absolute Gasteiger partial charge is 0.233 e. The predicted octanol–water partition coefficient (Wildman–Crippen LogP) is 0.655. The Morgan fingerprint density at radius 3 is 2.58 bits per heavy atom. The standard InChI is InChI=1S/C9H18N2O/c1-3-10-8(12)7-11-9(2)5-4-6-9/h11H,3-7H2,1-2H3,(H,10,12). The van der Waals surface area contributed by atoms with Gasteiger partial charge in [0.15, 0.2) is 0 Å². The van der Waals surface area contributed by atoms with E-state index in [4.69, 9.17) is 0 Å². The minimum absolute atomic E-state index is 0.102. The van der Waals surface area contributed by atoms with Crippen LogP contribution in [0.5, 0.6) is 0 Å². The van der Waals surface area contributed by atoms with Crippen molar-refractivity contribution < 1.29 is 4.79 Å². The molecule has 2 N–H and O–H groups in total. The van der Waals surface area contributed by atoms with Gasteiger partial charge in [0.1, 0.15) is 0 Å². The zero-order valence-corrected chi connectivity index (χ0v) is 7.94. The van der Waals surface area contributed by atoms with E-state index < -0.39 is 0 Å². The van der Waals surface area contributed by atoms with Crippen LogP contribution in [0.15, 0.2) is 0 Å². The molecule has 0 atom stereocenters. The fourth-order valence-electron chi connectivity index (χ4n) is 1.44. The van der Waals surface area contributed by atoms with Gasteiger partial charge in [-0.2, -0.15) is 0 Å². The number of nitrogens with one attached hydrogen (secondary N) is 2. The lowest BCUT2D eigenvalue weighted by Crippen LogP contribution is -2.51. The molecule has 1 amide bonds. The van der Waals surface area contributed by atoms with Crippen LogP contribution in [0.1, 0.15) is 33.1 Å². The van der Waals surface area contributed by atoms with E-state index in [0.29, 0.717) is 6.54 Å². The molecular weight excluding hydrogens is 152 g/mol. The summed E-state index contributed by atoms with van der Waals surface area (Å²) in [6.45, 7) is 5.29. The third kappa shape index (κ3) is 2.48. The van der Waals surface area contributed by atoms with Crippen LogP contribution in [0.4, 0.5) is 0 Å². The van der Waals surface area contributed by atoms with E-state index in [1.807, 2.05) is 6.92 Å². The first-order valence-electron chi connectivity index (χ1n) is 4.68. The molecule has 0 spiro atoms. The quantitative estimate of drug-likeness (QED) is 0.650. The van der Waals surface area contributed by atoms with E-state index in [0.717, 1.165) is 6.54 Å². The highest BCUT2D eigenvalue weighted by molar-refractivity contribution is 5.78. The molecule has 70 valence electrons. The summed E-state index contributed by atoms with van der Waals surface area (Å²) < 4.78 is 0. The monoisotopic (exact) mass is 170 g/mol. The number of amides is 1. The third-order valence-electron chi connectivity index (χ3n) is 2.51. The molecule has 0 aliphatic heterocycles. The van der Waals surface area contributed by atoms with Crippen LogP contribution in [0, 0.1) is 0 Å². The molecule has 1 saturated carbocycles. The van der Waals surface area contributed by atoms with Gasteiger partial charge in [0, 0.05) is 12.1 Å². The highest BCUT2D eigenvalue weighted by Gasteiger charge is 2.31. The highest BCUT2D eigenvalue weighted by Crippen LogP contribution is 2.30. The number of hydrogen-bond acceptors (Lipinski definition) is 2. The summed E-state index contributed by atoms with van der Waals surface area (Å²) in [5, 5.41) is 6.03. The van der Waals surface area contributed by atoms with E-state index in [2.05, 4.69) is 17.6 Å². The molecule has 3 nitrogen and oxygen atoms in total. The van der Waals surface area contributed by atoms with Gasteiger partial charge in [0.25, 0.3) is 0 Å². The first kappa shape index (κ1) is 9.52. The second kappa shape index (κ2) is 3.90. The molecule has 0 heterocycles. The number of carbonyl (C=O) groups excluding carboxylic acids is 1. The van der Waals surface area contributed by atoms with Gasteiger partial charge in [-0.05, 0) is 33.1 Å². The summed E-state index contributed by atoms with van der Waals surface area (Å²) in [4.78, 5) is 11.1. The Kier molecular flexibility index (Phi) is 3.09. The van der Waals surface area contributed by atoms with Crippen molar-refractivity contribution in [3.63, 3.8) is 0 Å². The lowest BCUT2D eigenvalue weighted by molar-refractivity contribution is -0.120.